The molecule has 0 spiro atoms. The van der Waals surface area contributed by atoms with Crippen LogP contribution in [0.3, 0.4) is 0 Å². The van der Waals surface area contributed by atoms with Gasteiger partial charge in [-0.25, -0.2) is 9.97 Å². The van der Waals surface area contributed by atoms with Crippen molar-refractivity contribution >= 4 is 23.4 Å². The first-order chi connectivity index (χ1) is 14.1. The summed E-state index contributed by atoms with van der Waals surface area (Å²) in [7, 11) is 1.63. The number of hydrogen-bond donors (Lipinski definition) is 1. The van der Waals surface area contributed by atoms with Crippen LogP contribution in [0.4, 0.5) is 5.69 Å². The SMILES string of the molecule is CCOc1ccc(NC(=O)CSc2cc(C)nc(-c3ccc(OC)cc3)n2)cc1. The normalized spacial score (nSPS) is 10.4. The predicted octanol–water partition coefficient (Wildman–Crippen LogP) is 4.59. The smallest absolute Gasteiger partial charge is 0.234 e. The number of aromatic nitrogens is 2. The van der Waals surface area contributed by atoms with Crippen molar-refractivity contribution < 1.29 is 14.3 Å². The predicted molar refractivity (Wildman–Crippen MR) is 116 cm³/mol. The van der Waals surface area contributed by atoms with Crippen molar-refractivity contribution in [2.45, 2.75) is 18.9 Å². The number of nitrogens with one attached hydrogen (secondary N) is 1. The molecule has 7 heteroatoms. The average molecular weight is 410 g/mol. The zero-order valence-electron chi connectivity index (χ0n) is 16.6. The Hall–Kier alpha value is -3.06. The van der Waals surface area contributed by atoms with Gasteiger partial charge in [0.1, 0.15) is 16.5 Å². The highest BCUT2D eigenvalue weighted by molar-refractivity contribution is 7.99. The number of methoxy groups -OCH3 is 1. The van der Waals surface area contributed by atoms with E-state index in [1.54, 1.807) is 7.11 Å². The van der Waals surface area contributed by atoms with Gasteiger partial charge in [-0.15, -0.1) is 0 Å². The van der Waals surface area contributed by atoms with E-state index >= 15 is 0 Å². The third kappa shape index (κ3) is 5.96. The van der Waals surface area contributed by atoms with Crippen molar-refractivity contribution in [2.24, 2.45) is 0 Å². The highest BCUT2D eigenvalue weighted by Crippen LogP contribution is 2.24. The second-order valence-corrected chi connectivity index (χ2v) is 7.19. The first-order valence-corrected chi connectivity index (χ1v) is 10.2. The molecule has 1 heterocycles. The summed E-state index contributed by atoms with van der Waals surface area (Å²) in [6.45, 7) is 4.46. The molecular weight excluding hydrogens is 386 g/mol. The van der Waals surface area contributed by atoms with Crippen molar-refractivity contribution in [3.63, 3.8) is 0 Å². The molecule has 0 atom stereocenters. The van der Waals surface area contributed by atoms with Gasteiger partial charge in [0.2, 0.25) is 5.91 Å². The molecule has 0 saturated heterocycles. The fourth-order valence-electron chi connectivity index (χ4n) is 2.62. The minimum atomic E-state index is -0.0959. The molecule has 2 aromatic carbocycles. The van der Waals surface area contributed by atoms with Gasteiger partial charge in [-0.2, -0.15) is 0 Å². The molecule has 0 aliphatic heterocycles. The van der Waals surface area contributed by atoms with Crippen molar-refractivity contribution in [3.05, 3.63) is 60.3 Å². The number of hydrogen-bond acceptors (Lipinski definition) is 6. The van der Waals surface area contributed by atoms with Gasteiger partial charge in [0, 0.05) is 16.9 Å². The molecule has 0 saturated carbocycles. The van der Waals surface area contributed by atoms with E-state index in [1.165, 1.54) is 11.8 Å². The lowest BCUT2D eigenvalue weighted by molar-refractivity contribution is -0.113. The largest absolute Gasteiger partial charge is 0.497 e. The highest BCUT2D eigenvalue weighted by atomic mass is 32.2. The Bertz CT molecular complexity index is 960. The second kappa shape index (κ2) is 9.93. The van der Waals surface area contributed by atoms with Crippen LogP contribution in [0.5, 0.6) is 11.5 Å². The van der Waals surface area contributed by atoms with Crippen LogP contribution in [0.2, 0.25) is 0 Å². The molecule has 0 fully saturated rings. The molecular formula is C22H23N3O3S. The number of thioether (sulfide) groups is 1. The van der Waals surface area contributed by atoms with Crippen LogP contribution in [-0.4, -0.2) is 35.3 Å². The molecule has 0 radical (unpaired) electrons. The Kier molecular flexibility index (Phi) is 7.08. The zero-order valence-corrected chi connectivity index (χ0v) is 17.5. The van der Waals surface area contributed by atoms with Gasteiger partial charge in [-0.1, -0.05) is 11.8 Å². The maximum atomic E-state index is 12.3. The van der Waals surface area contributed by atoms with E-state index in [0.717, 1.165) is 33.5 Å². The quantitative estimate of drug-likeness (QED) is 0.433. The van der Waals surface area contributed by atoms with Crippen molar-refractivity contribution in [2.75, 3.05) is 24.8 Å². The monoisotopic (exact) mass is 409 g/mol. The maximum Gasteiger partial charge on any atom is 0.234 e. The van der Waals surface area contributed by atoms with Crippen LogP contribution < -0.4 is 14.8 Å². The third-order valence-electron chi connectivity index (χ3n) is 3.98. The van der Waals surface area contributed by atoms with Gasteiger partial charge in [0.05, 0.1) is 19.5 Å². The summed E-state index contributed by atoms with van der Waals surface area (Å²) in [4.78, 5) is 21.4. The van der Waals surface area contributed by atoms with Crippen LogP contribution in [0.25, 0.3) is 11.4 Å². The van der Waals surface area contributed by atoms with Crippen LogP contribution in [0.1, 0.15) is 12.6 Å². The summed E-state index contributed by atoms with van der Waals surface area (Å²) in [5.74, 6) is 2.35. The summed E-state index contributed by atoms with van der Waals surface area (Å²) in [6.07, 6.45) is 0. The Balaban J connectivity index is 1.62. The topological polar surface area (TPSA) is 73.3 Å². The summed E-state index contributed by atoms with van der Waals surface area (Å²) >= 11 is 1.38. The van der Waals surface area contributed by atoms with Crippen molar-refractivity contribution in [1.29, 1.82) is 0 Å². The molecule has 150 valence electrons. The van der Waals surface area contributed by atoms with Gasteiger partial charge in [0.25, 0.3) is 0 Å². The summed E-state index contributed by atoms with van der Waals surface area (Å²) in [5, 5.41) is 3.64. The van der Waals surface area contributed by atoms with E-state index in [2.05, 4.69) is 15.3 Å². The van der Waals surface area contributed by atoms with Crippen molar-refractivity contribution in [1.82, 2.24) is 9.97 Å². The molecule has 0 aliphatic carbocycles. The number of rotatable bonds is 8. The summed E-state index contributed by atoms with van der Waals surface area (Å²) in [5.41, 5.74) is 2.48. The number of carbonyl (C=O) groups is 1. The molecule has 1 aromatic heterocycles. The van der Waals surface area contributed by atoms with Crippen LogP contribution in [0, 0.1) is 6.92 Å². The zero-order chi connectivity index (χ0) is 20.6. The van der Waals surface area contributed by atoms with Gasteiger partial charge in [-0.05, 0) is 68.4 Å². The third-order valence-corrected chi connectivity index (χ3v) is 4.89. The minimum absolute atomic E-state index is 0.0959. The van der Waals surface area contributed by atoms with E-state index in [0.29, 0.717) is 12.4 Å². The van der Waals surface area contributed by atoms with Crippen LogP contribution in [-0.2, 0) is 4.79 Å². The number of ether oxygens (including phenoxy) is 2. The second-order valence-electron chi connectivity index (χ2n) is 6.19. The molecule has 29 heavy (non-hydrogen) atoms. The lowest BCUT2D eigenvalue weighted by Gasteiger charge is -2.08. The van der Waals surface area contributed by atoms with Crippen LogP contribution in [0.15, 0.2) is 59.6 Å². The lowest BCUT2D eigenvalue weighted by Crippen LogP contribution is -2.14. The van der Waals surface area contributed by atoms with Gasteiger partial charge in [0.15, 0.2) is 5.82 Å². The number of carbonyl (C=O) groups excluding carboxylic acids is 1. The van der Waals surface area contributed by atoms with Gasteiger partial charge >= 0.3 is 0 Å². The molecule has 0 aliphatic rings. The van der Waals surface area contributed by atoms with E-state index in [-0.39, 0.29) is 11.7 Å². The average Bonchev–Trinajstić information content (AvgIpc) is 2.73. The number of benzene rings is 2. The lowest BCUT2D eigenvalue weighted by atomic mass is 10.2. The van der Waals surface area contributed by atoms with Crippen molar-refractivity contribution in [3.8, 4) is 22.9 Å². The number of amides is 1. The van der Waals surface area contributed by atoms with E-state index < -0.39 is 0 Å². The molecule has 1 amide bonds. The molecule has 6 nitrogen and oxygen atoms in total. The highest BCUT2D eigenvalue weighted by Gasteiger charge is 2.09. The molecule has 0 bridgehead atoms. The van der Waals surface area contributed by atoms with E-state index in [9.17, 15) is 4.79 Å². The standard InChI is InChI=1S/C22H23N3O3S/c1-4-28-19-11-7-17(8-12-19)24-20(26)14-29-21-13-15(2)23-22(25-21)16-5-9-18(27-3)10-6-16/h5-13H,4,14H2,1-3H3,(H,24,26). The fraction of sp³-hybridized carbons (Fsp3) is 0.227. The number of anilines is 1. The van der Waals surface area contributed by atoms with E-state index in [1.807, 2.05) is 68.4 Å². The summed E-state index contributed by atoms with van der Waals surface area (Å²) < 4.78 is 10.6. The Morgan fingerprint density at radius 3 is 2.38 bits per heavy atom. The number of aryl methyl sites for hydroxylation is 1. The summed E-state index contributed by atoms with van der Waals surface area (Å²) in [6, 6.07) is 16.8. The Morgan fingerprint density at radius 2 is 1.72 bits per heavy atom. The molecule has 3 aromatic rings. The van der Waals surface area contributed by atoms with Gasteiger partial charge < -0.3 is 14.8 Å². The molecule has 3 rings (SSSR count). The fourth-order valence-corrected chi connectivity index (χ4v) is 3.38. The Morgan fingerprint density at radius 1 is 1.03 bits per heavy atom. The number of nitrogens with zero attached hydrogens (tertiary/aromatic N) is 2. The van der Waals surface area contributed by atoms with E-state index in [4.69, 9.17) is 9.47 Å². The first kappa shape index (κ1) is 20.7. The Labute approximate surface area is 174 Å². The van der Waals surface area contributed by atoms with Gasteiger partial charge in [-0.3, -0.25) is 4.79 Å². The minimum Gasteiger partial charge on any atom is -0.497 e. The maximum absolute atomic E-state index is 12.3. The first-order valence-electron chi connectivity index (χ1n) is 9.23. The molecule has 1 N–H and O–H groups in total. The molecule has 0 unspecified atom stereocenters. The van der Waals surface area contributed by atoms with Crippen LogP contribution >= 0.6 is 11.8 Å².